The van der Waals surface area contributed by atoms with Crippen molar-refractivity contribution in [2.45, 2.75) is 70.9 Å². The van der Waals surface area contributed by atoms with E-state index >= 15 is 4.39 Å². The Labute approximate surface area is 221 Å². The van der Waals surface area contributed by atoms with Gasteiger partial charge in [-0.05, 0) is 80.3 Å². The van der Waals surface area contributed by atoms with Crippen LogP contribution < -0.4 is 16.2 Å². The summed E-state index contributed by atoms with van der Waals surface area (Å²) in [6.07, 6.45) is 4.48. The molecule has 0 saturated carbocycles. The minimum Gasteiger partial charge on any atom is -0.490 e. The van der Waals surface area contributed by atoms with E-state index in [4.69, 9.17) is 10.5 Å². The molecule has 8 heteroatoms. The van der Waals surface area contributed by atoms with Crippen molar-refractivity contribution in [3.05, 3.63) is 75.6 Å². The summed E-state index contributed by atoms with van der Waals surface area (Å²) >= 11 is 0. The van der Waals surface area contributed by atoms with E-state index in [2.05, 4.69) is 23.8 Å². The lowest BCUT2D eigenvalue weighted by Gasteiger charge is -2.25. The van der Waals surface area contributed by atoms with Crippen molar-refractivity contribution in [1.29, 1.82) is 0 Å². The molecule has 4 N–H and O–H groups in total. The van der Waals surface area contributed by atoms with E-state index in [-0.39, 0.29) is 17.4 Å². The number of rotatable bonds is 8. The molecule has 0 amide bonds. The Hall–Kier alpha value is -3.49. The summed E-state index contributed by atoms with van der Waals surface area (Å²) in [5.41, 5.74) is 9.88. The molecule has 0 fully saturated rings. The van der Waals surface area contributed by atoms with Gasteiger partial charge < -0.3 is 20.6 Å². The minimum absolute atomic E-state index is 0.0457. The van der Waals surface area contributed by atoms with E-state index in [1.54, 1.807) is 18.3 Å². The lowest BCUT2D eigenvalue weighted by molar-refractivity contribution is 0.159. The van der Waals surface area contributed by atoms with Gasteiger partial charge in [0.05, 0.1) is 24.1 Å². The Bertz CT molecular complexity index is 1510. The molecule has 38 heavy (non-hydrogen) atoms. The summed E-state index contributed by atoms with van der Waals surface area (Å²) in [6, 6.07) is 11.3. The molecule has 3 heterocycles. The molecule has 1 aliphatic heterocycles. The molecular weight excluding hydrogens is 483 g/mol. The molecule has 3 atom stereocenters. The SMILES string of the molecule is CCC(C)c1ccc(-n2cc3cc(-c4cc(C(O)CC[C@H](C)N)c5c(c4F)OCCC5)[nH]c3nc2=O)cc1. The maximum atomic E-state index is 15.7. The first-order chi connectivity index (χ1) is 18.3. The molecule has 0 spiro atoms. The predicted molar refractivity (Wildman–Crippen MR) is 147 cm³/mol. The van der Waals surface area contributed by atoms with Gasteiger partial charge in [-0.1, -0.05) is 26.0 Å². The van der Waals surface area contributed by atoms with Gasteiger partial charge in [-0.2, -0.15) is 4.98 Å². The molecule has 200 valence electrons. The highest BCUT2D eigenvalue weighted by Gasteiger charge is 2.27. The van der Waals surface area contributed by atoms with E-state index in [9.17, 15) is 9.90 Å². The fourth-order valence-corrected chi connectivity index (χ4v) is 5.12. The van der Waals surface area contributed by atoms with Crippen LogP contribution >= 0.6 is 0 Å². The second kappa shape index (κ2) is 10.7. The van der Waals surface area contributed by atoms with Crippen LogP contribution in [0.25, 0.3) is 28.0 Å². The average Bonchev–Trinajstić information content (AvgIpc) is 3.33. The van der Waals surface area contributed by atoms with Gasteiger partial charge in [-0.3, -0.25) is 4.57 Å². The summed E-state index contributed by atoms with van der Waals surface area (Å²) in [5.74, 6) is 0.146. The summed E-state index contributed by atoms with van der Waals surface area (Å²) in [6.45, 7) is 6.64. The van der Waals surface area contributed by atoms with Crippen molar-refractivity contribution < 1.29 is 14.2 Å². The van der Waals surface area contributed by atoms with Crippen molar-refractivity contribution in [3.8, 4) is 22.7 Å². The number of nitrogens with zero attached hydrogens (tertiary/aromatic N) is 2. The van der Waals surface area contributed by atoms with Gasteiger partial charge >= 0.3 is 5.69 Å². The highest BCUT2D eigenvalue weighted by Crippen LogP contribution is 2.41. The van der Waals surface area contributed by atoms with Gasteiger partial charge in [-0.15, -0.1) is 0 Å². The molecular formula is C30H35FN4O3. The first-order valence-corrected chi connectivity index (χ1v) is 13.4. The fraction of sp³-hybridized carbons (Fsp3) is 0.400. The number of aliphatic hydroxyl groups excluding tert-OH is 1. The van der Waals surface area contributed by atoms with Crippen LogP contribution in [-0.2, 0) is 6.42 Å². The van der Waals surface area contributed by atoms with Crippen LogP contribution in [0.5, 0.6) is 5.75 Å². The number of halogens is 1. The third kappa shape index (κ3) is 4.98. The van der Waals surface area contributed by atoms with Gasteiger partial charge in [0, 0.05) is 28.8 Å². The number of fused-ring (bicyclic) bond motifs is 2. The first-order valence-electron chi connectivity index (χ1n) is 13.4. The summed E-state index contributed by atoms with van der Waals surface area (Å²) < 4.78 is 23.0. The van der Waals surface area contributed by atoms with Crippen LogP contribution in [0.15, 0.2) is 47.4 Å². The molecule has 0 saturated heterocycles. The standard InChI is InChI=1S/C30H35FN4O3/c1-4-17(2)19-8-10-21(11-9-19)35-16-20-14-25(33-29(20)34-30(35)37)24-15-23(26(36)12-7-18(3)32)22-6-5-13-38-28(22)27(24)31/h8-11,14-18,26,36H,4-7,12-13,32H2,1-3H3,(H,33,34,37)/t17?,18-,26?/m0/s1. The summed E-state index contributed by atoms with van der Waals surface area (Å²) in [5, 5.41) is 11.7. The second-order valence-electron chi connectivity index (χ2n) is 10.4. The Balaban J connectivity index is 1.56. The van der Waals surface area contributed by atoms with Crippen molar-refractivity contribution in [3.63, 3.8) is 0 Å². The molecule has 2 aromatic carbocycles. The van der Waals surface area contributed by atoms with Crippen molar-refractivity contribution in [2.24, 2.45) is 5.73 Å². The van der Waals surface area contributed by atoms with Gasteiger partial charge in [0.2, 0.25) is 0 Å². The monoisotopic (exact) mass is 518 g/mol. The molecule has 7 nitrogen and oxygen atoms in total. The lowest BCUT2D eigenvalue weighted by Crippen LogP contribution is -2.20. The molecule has 5 rings (SSSR count). The Kier molecular flexibility index (Phi) is 7.36. The molecule has 0 bridgehead atoms. The Morgan fingerprint density at radius 1 is 1.21 bits per heavy atom. The molecule has 4 aromatic rings. The van der Waals surface area contributed by atoms with Crippen LogP contribution in [0.4, 0.5) is 4.39 Å². The number of H-pyrrole nitrogens is 1. The number of aliphatic hydroxyl groups is 1. The van der Waals surface area contributed by atoms with E-state index in [1.165, 1.54) is 10.1 Å². The van der Waals surface area contributed by atoms with Crippen LogP contribution in [0.3, 0.4) is 0 Å². The van der Waals surface area contributed by atoms with Gasteiger partial charge in [0.25, 0.3) is 0 Å². The Morgan fingerprint density at radius 3 is 2.68 bits per heavy atom. The maximum Gasteiger partial charge on any atom is 0.354 e. The molecule has 0 aliphatic carbocycles. The lowest BCUT2D eigenvalue weighted by atomic mass is 9.90. The smallest absolute Gasteiger partial charge is 0.354 e. The quantitative estimate of drug-likeness (QED) is 0.285. The maximum absolute atomic E-state index is 15.7. The van der Waals surface area contributed by atoms with Crippen molar-refractivity contribution >= 4 is 11.0 Å². The zero-order valence-electron chi connectivity index (χ0n) is 22.1. The molecule has 1 aliphatic rings. The number of benzene rings is 2. The zero-order chi connectivity index (χ0) is 27.0. The topological polar surface area (TPSA) is 106 Å². The van der Waals surface area contributed by atoms with Crippen molar-refractivity contribution in [2.75, 3.05) is 6.61 Å². The van der Waals surface area contributed by atoms with E-state index in [1.807, 2.05) is 31.2 Å². The zero-order valence-corrected chi connectivity index (χ0v) is 22.1. The predicted octanol–water partition coefficient (Wildman–Crippen LogP) is 5.52. The van der Waals surface area contributed by atoms with Gasteiger partial charge in [0.15, 0.2) is 11.6 Å². The van der Waals surface area contributed by atoms with Crippen LogP contribution in [0.1, 0.15) is 75.2 Å². The van der Waals surface area contributed by atoms with Crippen LogP contribution in [-0.4, -0.2) is 32.3 Å². The van der Waals surface area contributed by atoms with Gasteiger partial charge in [-0.25, -0.2) is 9.18 Å². The fourth-order valence-electron chi connectivity index (χ4n) is 5.12. The molecule has 0 radical (unpaired) electrons. The van der Waals surface area contributed by atoms with E-state index < -0.39 is 17.6 Å². The van der Waals surface area contributed by atoms with Crippen molar-refractivity contribution in [1.82, 2.24) is 14.5 Å². The number of nitrogens with two attached hydrogens (primary N) is 1. The largest absolute Gasteiger partial charge is 0.490 e. The average molecular weight is 519 g/mol. The number of aromatic amines is 1. The molecule has 2 unspecified atom stereocenters. The highest BCUT2D eigenvalue weighted by molar-refractivity contribution is 5.83. The van der Waals surface area contributed by atoms with E-state index in [0.29, 0.717) is 65.3 Å². The van der Waals surface area contributed by atoms with E-state index in [0.717, 1.165) is 12.8 Å². The van der Waals surface area contributed by atoms with Crippen LogP contribution in [0.2, 0.25) is 0 Å². The van der Waals surface area contributed by atoms with Gasteiger partial charge in [0.1, 0.15) is 5.65 Å². The molecule has 2 aromatic heterocycles. The number of hydrogen-bond acceptors (Lipinski definition) is 5. The number of ether oxygens (including phenoxy) is 1. The third-order valence-electron chi connectivity index (χ3n) is 7.58. The summed E-state index contributed by atoms with van der Waals surface area (Å²) in [7, 11) is 0. The third-order valence-corrected chi connectivity index (χ3v) is 7.58. The normalized spacial score (nSPS) is 15.6. The number of nitrogens with one attached hydrogen (secondary N) is 1. The highest BCUT2D eigenvalue weighted by atomic mass is 19.1. The minimum atomic E-state index is -0.785. The number of aromatic nitrogens is 3. The Morgan fingerprint density at radius 2 is 1.97 bits per heavy atom. The second-order valence-corrected chi connectivity index (χ2v) is 10.4. The van der Waals surface area contributed by atoms with Crippen LogP contribution in [0, 0.1) is 5.82 Å². The summed E-state index contributed by atoms with van der Waals surface area (Å²) in [4.78, 5) is 20.2. The first kappa shape index (κ1) is 26.1. The number of hydrogen-bond donors (Lipinski definition) is 3.